The van der Waals surface area contributed by atoms with Crippen LogP contribution in [0.1, 0.15) is 25.8 Å². The maximum atomic E-state index is 12.7. The molecule has 0 aliphatic heterocycles. The van der Waals surface area contributed by atoms with Crippen molar-refractivity contribution < 1.29 is 17.9 Å². The molecule has 0 spiro atoms. The van der Waals surface area contributed by atoms with E-state index in [-0.39, 0.29) is 28.4 Å². The first-order valence-electron chi connectivity index (χ1n) is 9.46. The molecule has 2 rings (SSSR count). The lowest BCUT2D eigenvalue weighted by Gasteiger charge is -2.19. The summed E-state index contributed by atoms with van der Waals surface area (Å²) in [5.41, 5.74) is 1.20. The lowest BCUT2D eigenvalue weighted by molar-refractivity contribution is -0.121. The number of aryl methyl sites for hydroxylation is 1. The molecule has 2 aromatic rings. The Morgan fingerprint density at radius 1 is 1.21 bits per heavy atom. The maximum Gasteiger partial charge on any atom is 0.243 e. The van der Waals surface area contributed by atoms with Crippen molar-refractivity contribution in [1.29, 1.82) is 0 Å². The second-order valence-corrected chi connectivity index (χ2v) is 9.23. The van der Waals surface area contributed by atoms with E-state index in [1.165, 1.54) is 30.8 Å². The molecule has 29 heavy (non-hydrogen) atoms. The van der Waals surface area contributed by atoms with Gasteiger partial charge < -0.3 is 10.1 Å². The monoisotopic (exact) mass is 438 g/mol. The number of ether oxygens (including phenoxy) is 1. The van der Waals surface area contributed by atoms with Gasteiger partial charge in [-0.15, -0.1) is 0 Å². The molecule has 0 saturated heterocycles. The van der Waals surface area contributed by atoms with Crippen LogP contribution in [0.3, 0.4) is 0 Å². The van der Waals surface area contributed by atoms with Crippen molar-refractivity contribution in [2.45, 2.75) is 37.6 Å². The van der Waals surface area contributed by atoms with Gasteiger partial charge in [-0.1, -0.05) is 41.9 Å². The van der Waals surface area contributed by atoms with Crippen molar-refractivity contribution in [2.75, 3.05) is 20.2 Å². The predicted octanol–water partition coefficient (Wildman–Crippen LogP) is 3.50. The van der Waals surface area contributed by atoms with Gasteiger partial charge in [0.15, 0.2) is 0 Å². The van der Waals surface area contributed by atoms with Crippen molar-refractivity contribution in [3.05, 3.63) is 59.1 Å². The van der Waals surface area contributed by atoms with Crippen molar-refractivity contribution >= 4 is 27.5 Å². The third-order valence-corrected chi connectivity index (χ3v) is 6.49. The normalized spacial score (nSPS) is 12.6. The average molecular weight is 439 g/mol. The van der Waals surface area contributed by atoms with Gasteiger partial charge in [-0.2, -0.15) is 4.31 Å². The van der Waals surface area contributed by atoms with E-state index in [1.54, 1.807) is 0 Å². The van der Waals surface area contributed by atoms with E-state index in [0.29, 0.717) is 12.4 Å². The van der Waals surface area contributed by atoms with Gasteiger partial charge in [-0.25, -0.2) is 8.42 Å². The number of nitrogens with zero attached hydrogens (tertiary/aromatic N) is 1. The Balaban J connectivity index is 1.92. The van der Waals surface area contributed by atoms with Crippen LogP contribution in [-0.2, 0) is 21.2 Å². The molecule has 1 N–H and O–H groups in total. The molecule has 0 fully saturated rings. The summed E-state index contributed by atoms with van der Waals surface area (Å²) in [6.45, 7) is 3.87. The third-order valence-electron chi connectivity index (χ3n) is 4.39. The molecule has 158 valence electrons. The van der Waals surface area contributed by atoms with Gasteiger partial charge in [-0.05, 0) is 50.5 Å². The van der Waals surface area contributed by atoms with Crippen molar-refractivity contribution in [2.24, 2.45) is 0 Å². The molecule has 0 aromatic heterocycles. The fourth-order valence-corrected chi connectivity index (χ4v) is 4.26. The minimum Gasteiger partial charge on any atom is -0.492 e. The number of halogens is 1. The van der Waals surface area contributed by atoms with Gasteiger partial charge in [0, 0.05) is 13.1 Å². The summed E-state index contributed by atoms with van der Waals surface area (Å²) in [4.78, 5) is 12.3. The van der Waals surface area contributed by atoms with Gasteiger partial charge >= 0.3 is 0 Å². The molecule has 1 amide bonds. The van der Waals surface area contributed by atoms with Crippen molar-refractivity contribution in [1.82, 2.24) is 9.62 Å². The van der Waals surface area contributed by atoms with Crippen LogP contribution in [0.25, 0.3) is 0 Å². The highest BCUT2D eigenvalue weighted by atomic mass is 35.5. The summed E-state index contributed by atoms with van der Waals surface area (Å²) < 4.78 is 31.8. The SMILES string of the molecule is CCOc1ccc(S(=O)(=O)N(C)CC(=O)N[C@H](C)CCc2ccccc2)cc1Cl. The van der Waals surface area contributed by atoms with Gasteiger partial charge in [0.2, 0.25) is 15.9 Å². The summed E-state index contributed by atoms with van der Waals surface area (Å²) in [5, 5.41) is 3.06. The van der Waals surface area contributed by atoms with Gasteiger partial charge in [-0.3, -0.25) is 4.79 Å². The maximum absolute atomic E-state index is 12.7. The summed E-state index contributed by atoms with van der Waals surface area (Å²) in [7, 11) is -2.48. The molecule has 0 radical (unpaired) electrons. The van der Waals surface area contributed by atoms with Crippen LogP contribution < -0.4 is 10.1 Å². The largest absolute Gasteiger partial charge is 0.492 e. The topological polar surface area (TPSA) is 75.7 Å². The highest BCUT2D eigenvalue weighted by Crippen LogP contribution is 2.28. The van der Waals surface area contributed by atoms with Crippen LogP contribution in [0, 0.1) is 0 Å². The van der Waals surface area contributed by atoms with Crippen LogP contribution in [0.2, 0.25) is 5.02 Å². The van der Waals surface area contributed by atoms with E-state index in [1.807, 2.05) is 44.2 Å². The van der Waals surface area contributed by atoms with Gasteiger partial charge in [0.25, 0.3) is 0 Å². The molecule has 0 aliphatic rings. The molecular weight excluding hydrogens is 412 g/mol. The molecule has 0 unspecified atom stereocenters. The highest BCUT2D eigenvalue weighted by Gasteiger charge is 2.24. The lowest BCUT2D eigenvalue weighted by Crippen LogP contribution is -2.41. The molecule has 0 saturated carbocycles. The standard InChI is InChI=1S/C21H27ClN2O4S/c1-4-28-20-13-12-18(14-19(20)22)29(26,27)24(3)15-21(25)23-16(2)10-11-17-8-6-5-7-9-17/h5-9,12-14,16H,4,10-11,15H2,1-3H3,(H,23,25)/t16-/m1/s1. The molecule has 8 heteroatoms. The number of amides is 1. The molecular formula is C21H27ClN2O4S. The van der Waals surface area contributed by atoms with Crippen LogP contribution >= 0.6 is 11.6 Å². The van der Waals surface area contributed by atoms with E-state index in [9.17, 15) is 13.2 Å². The van der Waals surface area contributed by atoms with Crippen LogP contribution in [0.5, 0.6) is 5.75 Å². The van der Waals surface area contributed by atoms with Crippen molar-refractivity contribution in [3.8, 4) is 5.75 Å². The molecule has 6 nitrogen and oxygen atoms in total. The second-order valence-electron chi connectivity index (χ2n) is 6.78. The Bertz CT molecular complexity index is 920. The smallest absolute Gasteiger partial charge is 0.243 e. The zero-order valence-corrected chi connectivity index (χ0v) is 18.5. The van der Waals surface area contributed by atoms with Crippen molar-refractivity contribution in [3.63, 3.8) is 0 Å². The number of hydrogen-bond acceptors (Lipinski definition) is 4. The Morgan fingerprint density at radius 2 is 1.90 bits per heavy atom. The number of rotatable bonds is 10. The van der Waals surface area contributed by atoms with E-state index >= 15 is 0 Å². The Hall–Kier alpha value is -2.09. The lowest BCUT2D eigenvalue weighted by atomic mass is 10.1. The number of likely N-dealkylation sites (N-methyl/N-ethyl adjacent to an activating group) is 1. The van der Waals surface area contributed by atoms with Crippen LogP contribution in [-0.4, -0.2) is 44.9 Å². The summed E-state index contributed by atoms with van der Waals surface area (Å²) in [5.74, 6) is 0.0643. The summed E-state index contributed by atoms with van der Waals surface area (Å²) >= 11 is 6.09. The predicted molar refractivity (Wildman–Crippen MR) is 115 cm³/mol. The number of carbonyl (C=O) groups is 1. The number of sulfonamides is 1. The first-order chi connectivity index (χ1) is 13.7. The first-order valence-corrected chi connectivity index (χ1v) is 11.3. The van der Waals surface area contributed by atoms with Crippen LogP contribution in [0.15, 0.2) is 53.4 Å². The number of nitrogens with one attached hydrogen (secondary N) is 1. The highest BCUT2D eigenvalue weighted by molar-refractivity contribution is 7.89. The molecule has 0 bridgehead atoms. The van der Waals surface area contributed by atoms with E-state index in [0.717, 1.165) is 17.1 Å². The minimum absolute atomic E-state index is 0.0124. The van der Waals surface area contributed by atoms with E-state index in [4.69, 9.17) is 16.3 Å². The minimum atomic E-state index is -3.85. The fraction of sp³-hybridized carbons (Fsp3) is 0.381. The number of hydrogen-bond donors (Lipinski definition) is 1. The Labute approximate surface area is 177 Å². The average Bonchev–Trinajstić information content (AvgIpc) is 2.68. The molecule has 0 aliphatic carbocycles. The molecule has 2 aromatic carbocycles. The molecule has 1 atom stereocenters. The first kappa shape index (κ1) is 23.2. The zero-order chi connectivity index (χ0) is 21.4. The quantitative estimate of drug-likeness (QED) is 0.616. The Morgan fingerprint density at radius 3 is 2.52 bits per heavy atom. The Kier molecular flexibility index (Phi) is 8.49. The third kappa shape index (κ3) is 6.73. The summed E-state index contributed by atoms with van der Waals surface area (Å²) in [6, 6.07) is 14.2. The van der Waals surface area contributed by atoms with Gasteiger partial charge in [0.1, 0.15) is 5.75 Å². The second kappa shape index (κ2) is 10.6. The fourth-order valence-electron chi connectivity index (χ4n) is 2.80. The number of carbonyl (C=O) groups excluding carboxylic acids is 1. The van der Waals surface area contributed by atoms with Crippen LogP contribution in [0.4, 0.5) is 0 Å². The molecule has 0 heterocycles. The van der Waals surface area contributed by atoms with E-state index in [2.05, 4.69) is 5.32 Å². The summed E-state index contributed by atoms with van der Waals surface area (Å²) in [6.07, 6.45) is 1.60. The van der Waals surface area contributed by atoms with E-state index < -0.39 is 10.0 Å². The zero-order valence-electron chi connectivity index (χ0n) is 16.9. The van der Waals surface area contributed by atoms with Gasteiger partial charge in [0.05, 0.1) is 23.1 Å². The number of benzene rings is 2.